The molecule has 2 aromatic heterocycles. The van der Waals surface area contributed by atoms with Gasteiger partial charge in [-0.25, -0.2) is 8.42 Å². The first kappa shape index (κ1) is 23.1. The minimum atomic E-state index is -3.59. The number of rotatable bonds is 6. The number of hydrogen-bond acceptors (Lipinski definition) is 6. The van der Waals surface area contributed by atoms with Gasteiger partial charge in [0.1, 0.15) is 0 Å². The number of aromatic nitrogens is 2. The Kier molecular flexibility index (Phi) is 6.57. The molecule has 1 aliphatic rings. The molecule has 178 valence electrons. The SMILES string of the molecule is O=C(c1ccc(CS(=O)(=O)c2cccc3cccnc23)cc1)N1CCN(Cc2ccncc2)CC1. The summed E-state index contributed by atoms with van der Waals surface area (Å²) in [6.45, 7) is 3.79. The van der Waals surface area contributed by atoms with Crippen LogP contribution < -0.4 is 0 Å². The maximum absolute atomic E-state index is 13.1. The van der Waals surface area contributed by atoms with E-state index < -0.39 is 9.84 Å². The number of amides is 1. The number of benzene rings is 2. The normalized spacial score (nSPS) is 14.8. The molecule has 1 saturated heterocycles. The van der Waals surface area contributed by atoms with Crippen molar-refractivity contribution in [1.29, 1.82) is 0 Å². The summed E-state index contributed by atoms with van der Waals surface area (Å²) in [7, 11) is -3.59. The lowest BCUT2D eigenvalue weighted by Crippen LogP contribution is -2.48. The Labute approximate surface area is 205 Å². The van der Waals surface area contributed by atoms with E-state index >= 15 is 0 Å². The van der Waals surface area contributed by atoms with Gasteiger partial charge in [-0.05, 0) is 47.5 Å². The number of fused-ring (bicyclic) bond motifs is 1. The molecule has 0 spiro atoms. The largest absolute Gasteiger partial charge is 0.336 e. The van der Waals surface area contributed by atoms with E-state index in [1.54, 1.807) is 61.1 Å². The molecule has 2 aromatic carbocycles. The van der Waals surface area contributed by atoms with Crippen molar-refractivity contribution in [3.8, 4) is 0 Å². The molecule has 1 fully saturated rings. The maximum atomic E-state index is 13.1. The molecule has 1 aliphatic heterocycles. The molecular weight excluding hydrogens is 460 g/mol. The van der Waals surface area contributed by atoms with Gasteiger partial charge in [-0.1, -0.05) is 30.3 Å². The van der Waals surface area contributed by atoms with Crippen LogP contribution in [0.1, 0.15) is 21.5 Å². The highest BCUT2D eigenvalue weighted by molar-refractivity contribution is 7.90. The molecule has 0 unspecified atom stereocenters. The third kappa shape index (κ3) is 5.23. The van der Waals surface area contributed by atoms with Crippen LogP contribution in [0.3, 0.4) is 0 Å². The van der Waals surface area contributed by atoms with E-state index in [0.29, 0.717) is 29.7 Å². The lowest BCUT2D eigenvalue weighted by atomic mass is 10.1. The summed E-state index contributed by atoms with van der Waals surface area (Å²) >= 11 is 0. The summed E-state index contributed by atoms with van der Waals surface area (Å²) in [6, 6.07) is 19.7. The number of hydrogen-bond donors (Lipinski definition) is 0. The van der Waals surface area contributed by atoms with E-state index in [-0.39, 0.29) is 16.6 Å². The van der Waals surface area contributed by atoms with Crippen LogP contribution in [0.5, 0.6) is 0 Å². The standard InChI is InChI=1S/C27H26N4O3S/c32-27(31-17-15-30(16-18-31)19-21-10-13-28-14-11-21)24-8-6-22(7-9-24)20-35(33,34)25-5-1-3-23-4-2-12-29-26(23)25/h1-14H,15-20H2. The number of carbonyl (C=O) groups is 1. The van der Waals surface area contributed by atoms with Crippen molar-refractivity contribution in [2.24, 2.45) is 0 Å². The van der Waals surface area contributed by atoms with Crippen LogP contribution in [0.4, 0.5) is 0 Å². The summed E-state index contributed by atoms with van der Waals surface area (Å²) in [5, 5.41) is 0.787. The Morgan fingerprint density at radius 2 is 1.51 bits per heavy atom. The second kappa shape index (κ2) is 9.93. The summed E-state index contributed by atoms with van der Waals surface area (Å²) < 4.78 is 26.2. The highest BCUT2D eigenvalue weighted by Gasteiger charge is 2.23. The smallest absolute Gasteiger partial charge is 0.253 e. The zero-order valence-corrected chi connectivity index (χ0v) is 20.1. The van der Waals surface area contributed by atoms with Gasteiger partial charge >= 0.3 is 0 Å². The molecule has 4 aromatic rings. The average molecular weight is 487 g/mol. The van der Waals surface area contributed by atoms with Crippen LogP contribution in [-0.2, 0) is 22.1 Å². The van der Waals surface area contributed by atoms with Gasteiger partial charge in [-0.15, -0.1) is 0 Å². The van der Waals surface area contributed by atoms with Crippen LogP contribution in [0.25, 0.3) is 10.9 Å². The first-order valence-corrected chi connectivity index (χ1v) is 13.2. The average Bonchev–Trinajstić information content (AvgIpc) is 2.89. The topological polar surface area (TPSA) is 83.5 Å². The fourth-order valence-electron chi connectivity index (χ4n) is 4.41. The number of sulfone groups is 1. The molecule has 3 heterocycles. The highest BCUT2D eigenvalue weighted by Crippen LogP contribution is 2.24. The molecule has 8 heteroatoms. The van der Waals surface area contributed by atoms with Crippen molar-refractivity contribution >= 4 is 26.6 Å². The van der Waals surface area contributed by atoms with Crippen LogP contribution in [0, 0.1) is 0 Å². The number of para-hydroxylation sites is 1. The van der Waals surface area contributed by atoms with Crippen molar-refractivity contribution in [3.63, 3.8) is 0 Å². The molecule has 5 rings (SSSR count). The van der Waals surface area contributed by atoms with Gasteiger partial charge in [0.15, 0.2) is 9.84 Å². The molecule has 0 saturated carbocycles. The van der Waals surface area contributed by atoms with Gasteiger partial charge in [0, 0.05) is 62.3 Å². The zero-order valence-electron chi connectivity index (χ0n) is 19.2. The van der Waals surface area contributed by atoms with E-state index in [0.717, 1.165) is 25.0 Å². The first-order valence-electron chi connectivity index (χ1n) is 11.6. The van der Waals surface area contributed by atoms with Crippen LogP contribution in [0.15, 0.2) is 90.2 Å². The summed E-state index contributed by atoms with van der Waals surface area (Å²) in [5.74, 6) is -0.175. The summed E-state index contributed by atoms with van der Waals surface area (Å²) in [4.78, 5) is 25.7. The van der Waals surface area contributed by atoms with Gasteiger partial charge < -0.3 is 4.90 Å². The molecule has 0 aliphatic carbocycles. The Balaban J connectivity index is 1.22. The van der Waals surface area contributed by atoms with E-state index in [1.807, 2.05) is 29.2 Å². The van der Waals surface area contributed by atoms with Crippen molar-refractivity contribution in [1.82, 2.24) is 19.8 Å². The predicted octanol–water partition coefficient (Wildman–Crippen LogP) is 3.56. The van der Waals surface area contributed by atoms with Crippen molar-refractivity contribution in [3.05, 3.63) is 102 Å². The quantitative estimate of drug-likeness (QED) is 0.414. The van der Waals surface area contributed by atoms with Crippen molar-refractivity contribution in [2.45, 2.75) is 17.2 Å². The fourth-order valence-corrected chi connectivity index (χ4v) is 5.94. The van der Waals surface area contributed by atoms with Gasteiger partial charge in [0.2, 0.25) is 0 Å². The lowest BCUT2D eigenvalue weighted by Gasteiger charge is -2.34. The van der Waals surface area contributed by atoms with Crippen LogP contribution in [0.2, 0.25) is 0 Å². The van der Waals surface area contributed by atoms with Gasteiger partial charge in [0.25, 0.3) is 5.91 Å². The molecule has 7 nitrogen and oxygen atoms in total. The minimum Gasteiger partial charge on any atom is -0.336 e. The zero-order chi connectivity index (χ0) is 24.3. The van der Waals surface area contributed by atoms with Gasteiger partial charge in [-0.2, -0.15) is 0 Å². The molecule has 0 bridgehead atoms. The lowest BCUT2D eigenvalue weighted by molar-refractivity contribution is 0.0628. The van der Waals surface area contributed by atoms with Gasteiger partial charge in [0.05, 0.1) is 16.2 Å². The maximum Gasteiger partial charge on any atom is 0.253 e. The second-order valence-corrected chi connectivity index (χ2v) is 10.7. The molecular formula is C27H26N4O3S. The highest BCUT2D eigenvalue weighted by atomic mass is 32.2. The Bertz CT molecular complexity index is 1430. The van der Waals surface area contributed by atoms with E-state index in [9.17, 15) is 13.2 Å². The number of piperazine rings is 1. The first-order chi connectivity index (χ1) is 17.0. The molecule has 0 atom stereocenters. The fraction of sp³-hybridized carbons (Fsp3) is 0.222. The predicted molar refractivity (Wildman–Crippen MR) is 134 cm³/mol. The Morgan fingerprint density at radius 1 is 0.800 bits per heavy atom. The van der Waals surface area contributed by atoms with E-state index in [1.165, 1.54) is 5.56 Å². The number of carbonyl (C=O) groups excluding carboxylic acids is 1. The molecule has 1 amide bonds. The van der Waals surface area contributed by atoms with Crippen LogP contribution in [-0.4, -0.2) is 60.3 Å². The van der Waals surface area contributed by atoms with Crippen molar-refractivity contribution < 1.29 is 13.2 Å². The minimum absolute atomic E-state index is 0.0266. The summed E-state index contributed by atoms with van der Waals surface area (Å²) in [6.07, 6.45) is 5.19. The molecule has 0 radical (unpaired) electrons. The third-order valence-electron chi connectivity index (χ3n) is 6.30. The third-order valence-corrected chi connectivity index (χ3v) is 8.02. The number of pyridine rings is 2. The van der Waals surface area contributed by atoms with Crippen molar-refractivity contribution in [2.75, 3.05) is 26.2 Å². The van der Waals surface area contributed by atoms with Gasteiger partial charge in [-0.3, -0.25) is 19.7 Å². The summed E-state index contributed by atoms with van der Waals surface area (Å²) in [5.41, 5.74) is 2.90. The second-order valence-electron chi connectivity index (χ2n) is 8.71. The molecule has 35 heavy (non-hydrogen) atoms. The van der Waals surface area contributed by atoms with E-state index in [2.05, 4.69) is 14.9 Å². The van der Waals surface area contributed by atoms with Crippen LogP contribution >= 0.6 is 0 Å². The van der Waals surface area contributed by atoms with E-state index in [4.69, 9.17) is 0 Å². The molecule has 0 N–H and O–H groups in total. The number of nitrogens with zero attached hydrogens (tertiary/aromatic N) is 4. The Hall–Kier alpha value is -3.62. The Morgan fingerprint density at radius 3 is 2.26 bits per heavy atom. The monoisotopic (exact) mass is 486 g/mol.